The fourth-order valence-electron chi connectivity index (χ4n) is 2.45. The van der Waals surface area contributed by atoms with Gasteiger partial charge in [0.15, 0.2) is 6.61 Å². The highest BCUT2D eigenvalue weighted by Gasteiger charge is 2.21. The van der Waals surface area contributed by atoms with Crippen LogP contribution in [-0.4, -0.2) is 24.7 Å². The Morgan fingerprint density at radius 3 is 2.52 bits per heavy atom. The second kappa shape index (κ2) is 8.67. The Kier molecular flexibility index (Phi) is 6.59. The summed E-state index contributed by atoms with van der Waals surface area (Å²) in [6, 6.07) is 15.9. The molecule has 2 aromatic carbocycles. The standard InChI is InChI=1S/C21H27NO3/c1-16-10-11-17(2)19(12-16)25-14-20(23)22-21(3,4)15-24-13-18-8-6-5-7-9-18/h5-12H,13-15H2,1-4H3,(H,22,23). The largest absolute Gasteiger partial charge is 0.483 e. The number of hydrogen-bond acceptors (Lipinski definition) is 3. The van der Waals surface area contributed by atoms with E-state index in [4.69, 9.17) is 9.47 Å². The van der Waals surface area contributed by atoms with E-state index in [9.17, 15) is 4.79 Å². The van der Waals surface area contributed by atoms with E-state index in [-0.39, 0.29) is 12.5 Å². The highest BCUT2D eigenvalue weighted by atomic mass is 16.5. The molecule has 1 amide bonds. The second-order valence-electron chi connectivity index (χ2n) is 6.97. The average Bonchev–Trinajstić information content (AvgIpc) is 2.56. The van der Waals surface area contributed by atoms with E-state index in [0.717, 1.165) is 22.4 Å². The summed E-state index contributed by atoms with van der Waals surface area (Å²) in [6.07, 6.45) is 0. The first-order valence-corrected chi connectivity index (χ1v) is 8.48. The topological polar surface area (TPSA) is 47.6 Å². The van der Waals surface area contributed by atoms with Crippen molar-refractivity contribution in [3.05, 3.63) is 65.2 Å². The average molecular weight is 341 g/mol. The first-order valence-electron chi connectivity index (χ1n) is 8.48. The number of ether oxygens (including phenoxy) is 2. The molecular weight excluding hydrogens is 314 g/mol. The number of nitrogens with one attached hydrogen (secondary N) is 1. The molecule has 4 nitrogen and oxygen atoms in total. The summed E-state index contributed by atoms with van der Waals surface area (Å²) in [6.45, 7) is 8.79. The van der Waals surface area contributed by atoms with Crippen molar-refractivity contribution in [3.63, 3.8) is 0 Å². The van der Waals surface area contributed by atoms with E-state index in [1.54, 1.807) is 0 Å². The van der Waals surface area contributed by atoms with E-state index in [0.29, 0.717) is 13.2 Å². The smallest absolute Gasteiger partial charge is 0.258 e. The van der Waals surface area contributed by atoms with Crippen LogP contribution in [0.2, 0.25) is 0 Å². The van der Waals surface area contributed by atoms with Gasteiger partial charge in [-0.25, -0.2) is 0 Å². The normalized spacial score (nSPS) is 11.2. The van der Waals surface area contributed by atoms with E-state index in [2.05, 4.69) is 5.32 Å². The Hall–Kier alpha value is -2.33. The molecule has 1 N–H and O–H groups in total. The summed E-state index contributed by atoms with van der Waals surface area (Å²) in [5.74, 6) is 0.586. The molecule has 0 aliphatic rings. The summed E-state index contributed by atoms with van der Waals surface area (Å²) in [5.41, 5.74) is 2.78. The third-order valence-electron chi connectivity index (χ3n) is 3.75. The number of amides is 1. The third-order valence-corrected chi connectivity index (χ3v) is 3.75. The van der Waals surface area contributed by atoms with Gasteiger partial charge in [-0.05, 0) is 50.5 Å². The van der Waals surface area contributed by atoms with E-state index in [1.807, 2.05) is 76.2 Å². The molecule has 2 rings (SSSR count). The number of hydrogen-bond donors (Lipinski definition) is 1. The molecular formula is C21H27NO3. The Bertz CT molecular complexity index is 696. The van der Waals surface area contributed by atoms with Crippen LogP contribution >= 0.6 is 0 Å². The maximum atomic E-state index is 12.2. The van der Waals surface area contributed by atoms with Crippen molar-refractivity contribution in [2.45, 2.75) is 39.8 Å². The highest BCUT2D eigenvalue weighted by Crippen LogP contribution is 2.19. The summed E-state index contributed by atoms with van der Waals surface area (Å²) in [5, 5.41) is 2.96. The molecule has 0 aliphatic heterocycles. The van der Waals surface area contributed by atoms with Gasteiger partial charge in [-0.1, -0.05) is 42.5 Å². The highest BCUT2D eigenvalue weighted by molar-refractivity contribution is 5.78. The molecule has 0 aliphatic carbocycles. The number of rotatable bonds is 8. The van der Waals surface area contributed by atoms with Gasteiger partial charge in [-0.15, -0.1) is 0 Å². The molecule has 25 heavy (non-hydrogen) atoms. The maximum absolute atomic E-state index is 12.2. The summed E-state index contributed by atoms with van der Waals surface area (Å²) in [7, 11) is 0. The first kappa shape index (κ1) is 19.0. The van der Waals surface area contributed by atoms with Crippen molar-refractivity contribution < 1.29 is 14.3 Å². The van der Waals surface area contributed by atoms with Crippen molar-refractivity contribution in [2.75, 3.05) is 13.2 Å². The van der Waals surface area contributed by atoms with Gasteiger partial charge in [-0.2, -0.15) is 0 Å². The molecule has 0 unspecified atom stereocenters. The van der Waals surface area contributed by atoms with Gasteiger partial charge >= 0.3 is 0 Å². The van der Waals surface area contributed by atoms with E-state index in [1.165, 1.54) is 0 Å². The monoisotopic (exact) mass is 341 g/mol. The molecule has 0 aromatic heterocycles. The number of aryl methyl sites for hydroxylation is 2. The fraction of sp³-hybridized carbons (Fsp3) is 0.381. The Labute approximate surface area is 150 Å². The predicted octanol–water partition coefficient (Wildman–Crippen LogP) is 3.79. The number of carbonyl (C=O) groups is 1. The lowest BCUT2D eigenvalue weighted by atomic mass is 10.1. The van der Waals surface area contributed by atoms with Crippen LogP contribution in [-0.2, 0) is 16.1 Å². The van der Waals surface area contributed by atoms with Gasteiger partial charge in [0, 0.05) is 0 Å². The minimum atomic E-state index is -0.461. The van der Waals surface area contributed by atoms with Crippen LogP contribution < -0.4 is 10.1 Å². The molecule has 0 saturated heterocycles. The zero-order valence-electron chi connectivity index (χ0n) is 15.5. The van der Waals surface area contributed by atoms with Gasteiger partial charge in [0.05, 0.1) is 18.8 Å². The Morgan fingerprint density at radius 2 is 1.80 bits per heavy atom. The van der Waals surface area contributed by atoms with Gasteiger partial charge in [-0.3, -0.25) is 4.79 Å². The minimum Gasteiger partial charge on any atom is -0.483 e. The van der Waals surface area contributed by atoms with Crippen molar-refractivity contribution in [1.82, 2.24) is 5.32 Å². The van der Waals surface area contributed by atoms with Gasteiger partial charge in [0.1, 0.15) is 5.75 Å². The summed E-state index contributed by atoms with van der Waals surface area (Å²) in [4.78, 5) is 12.2. The van der Waals surface area contributed by atoms with E-state index >= 15 is 0 Å². The Balaban J connectivity index is 1.77. The first-order chi connectivity index (χ1) is 11.9. The van der Waals surface area contributed by atoms with Crippen LogP contribution in [0.1, 0.15) is 30.5 Å². The predicted molar refractivity (Wildman–Crippen MR) is 99.7 cm³/mol. The van der Waals surface area contributed by atoms with Crippen molar-refractivity contribution in [1.29, 1.82) is 0 Å². The van der Waals surface area contributed by atoms with Crippen molar-refractivity contribution >= 4 is 5.91 Å². The van der Waals surface area contributed by atoms with Gasteiger partial charge in [0.2, 0.25) is 0 Å². The molecule has 134 valence electrons. The molecule has 0 saturated carbocycles. The molecule has 0 fully saturated rings. The van der Waals surface area contributed by atoms with Crippen LogP contribution in [0.15, 0.2) is 48.5 Å². The zero-order valence-corrected chi connectivity index (χ0v) is 15.5. The summed E-state index contributed by atoms with van der Waals surface area (Å²) >= 11 is 0. The number of benzene rings is 2. The third kappa shape index (κ3) is 6.59. The quantitative estimate of drug-likeness (QED) is 0.794. The van der Waals surface area contributed by atoms with Crippen LogP contribution in [0.3, 0.4) is 0 Å². The van der Waals surface area contributed by atoms with E-state index < -0.39 is 5.54 Å². The lowest BCUT2D eigenvalue weighted by Crippen LogP contribution is -2.48. The minimum absolute atomic E-state index is 0.00753. The SMILES string of the molecule is Cc1ccc(C)c(OCC(=O)NC(C)(C)COCc2ccccc2)c1. The van der Waals surface area contributed by atoms with Crippen molar-refractivity contribution in [2.24, 2.45) is 0 Å². The van der Waals surface area contributed by atoms with Crippen LogP contribution in [0.5, 0.6) is 5.75 Å². The molecule has 0 heterocycles. The van der Waals surface area contributed by atoms with Crippen molar-refractivity contribution in [3.8, 4) is 5.75 Å². The van der Waals surface area contributed by atoms with Gasteiger partial charge in [0.25, 0.3) is 5.91 Å². The summed E-state index contributed by atoms with van der Waals surface area (Å²) < 4.78 is 11.4. The molecule has 4 heteroatoms. The Morgan fingerprint density at radius 1 is 1.08 bits per heavy atom. The van der Waals surface area contributed by atoms with Crippen LogP contribution in [0.4, 0.5) is 0 Å². The zero-order chi connectivity index (χ0) is 18.3. The molecule has 0 radical (unpaired) electrons. The van der Waals surface area contributed by atoms with Crippen LogP contribution in [0, 0.1) is 13.8 Å². The fourth-order valence-corrected chi connectivity index (χ4v) is 2.45. The van der Waals surface area contributed by atoms with Gasteiger partial charge < -0.3 is 14.8 Å². The molecule has 2 aromatic rings. The molecule has 0 atom stereocenters. The van der Waals surface area contributed by atoms with Crippen LogP contribution in [0.25, 0.3) is 0 Å². The molecule has 0 spiro atoms. The number of carbonyl (C=O) groups excluding carboxylic acids is 1. The molecule has 0 bridgehead atoms. The second-order valence-corrected chi connectivity index (χ2v) is 6.97. The lowest BCUT2D eigenvalue weighted by molar-refractivity contribution is -0.125. The lowest BCUT2D eigenvalue weighted by Gasteiger charge is -2.26. The maximum Gasteiger partial charge on any atom is 0.258 e.